The van der Waals surface area contributed by atoms with Crippen LogP contribution < -0.4 is 5.32 Å². The number of hydrogen-bond acceptors (Lipinski definition) is 8. The van der Waals surface area contributed by atoms with Crippen LogP contribution in [0.5, 0.6) is 0 Å². The van der Waals surface area contributed by atoms with E-state index < -0.39 is 23.4 Å². The van der Waals surface area contributed by atoms with Crippen molar-refractivity contribution in [3.05, 3.63) is 0 Å². The van der Waals surface area contributed by atoms with E-state index in [9.17, 15) is 19.2 Å². The Balaban J connectivity index is 1.75. The summed E-state index contributed by atoms with van der Waals surface area (Å²) in [5.41, 5.74) is -1.35. The van der Waals surface area contributed by atoms with Gasteiger partial charge in [-0.2, -0.15) is 0 Å². The van der Waals surface area contributed by atoms with Gasteiger partial charge >= 0.3 is 11.9 Å². The van der Waals surface area contributed by atoms with Gasteiger partial charge in [0.25, 0.3) is 0 Å². The number of hydrogen-bond donors (Lipinski definition) is 1. The van der Waals surface area contributed by atoms with Crippen LogP contribution in [0.2, 0.25) is 0 Å². The van der Waals surface area contributed by atoms with Crippen molar-refractivity contribution in [2.45, 2.75) is 31.6 Å². The Morgan fingerprint density at radius 3 is 2.12 bits per heavy atom. The summed E-state index contributed by atoms with van der Waals surface area (Å²) < 4.78 is 19.7. The van der Waals surface area contributed by atoms with Crippen LogP contribution >= 0.6 is 0 Å². The summed E-state index contributed by atoms with van der Waals surface area (Å²) in [5, 5.41) is 2.39. The van der Waals surface area contributed by atoms with Gasteiger partial charge in [0.1, 0.15) is 44.1 Å². The summed E-state index contributed by atoms with van der Waals surface area (Å²) in [4.78, 5) is 47.8. The number of nitrogens with one attached hydrogen (secondary N) is 1. The molecule has 140 valence electrons. The third-order valence-electron chi connectivity index (χ3n) is 3.76. The molecule has 0 aromatic heterocycles. The van der Waals surface area contributed by atoms with Crippen molar-refractivity contribution in [1.82, 2.24) is 10.2 Å². The van der Waals surface area contributed by atoms with E-state index in [0.717, 1.165) is 4.90 Å². The summed E-state index contributed by atoms with van der Waals surface area (Å²) in [5.74, 6) is -1.86. The van der Waals surface area contributed by atoms with Crippen molar-refractivity contribution in [2.24, 2.45) is 0 Å². The molecule has 2 heterocycles. The Hall–Kier alpha value is -2.20. The molecule has 0 spiro atoms. The minimum Gasteiger partial charge on any atom is -0.462 e. The number of carbonyl (C=O) groups is 4. The molecule has 2 unspecified atom stereocenters. The van der Waals surface area contributed by atoms with E-state index in [1.165, 1.54) is 13.8 Å². The van der Waals surface area contributed by atoms with E-state index in [1.54, 1.807) is 0 Å². The van der Waals surface area contributed by atoms with Crippen LogP contribution in [0.15, 0.2) is 0 Å². The molecular weight excluding hydrogens is 336 g/mol. The number of amides is 2. The van der Waals surface area contributed by atoms with E-state index in [1.807, 2.05) is 0 Å². The quantitative estimate of drug-likeness (QED) is 0.261. The molecule has 2 saturated heterocycles. The first kappa shape index (κ1) is 19.1. The first-order valence-corrected chi connectivity index (χ1v) is 7.87. The molecule has 2 atom stereocenters. The van der Waals surface area contributed by atoms with E-state index in [2.05, 4.69) is 5.32 Å². The SMILES string of the molecule is CC(C)(C(=O)NCC(=O)OCC1CO1)N(C=O)CC(=O)OCC1CO1. The number of esters is 2. The molecule has 2 fully saturated rings. The maximum Gasteiger partial charge on any atom is 0.325 e. The van der Waals surface area contributed by atoms with Crippen molar-refractivity contribution < 1.29 is 38.1 Å². The Bertz CT molecular complexity index is 528. The van der Waals surface area contributed by atoms with Crippen molar-refractivity contribution in [1.29, 1.82) is 0 Å². The van der Waals surface area contributed by atoms with Gasteiger partial charge in [-0.05, 0) is 13.8 Å². The summed E-state index contributed by atoms with van der Waals surface area (Å²) >= 11 is 0. The average molecular weight is 358 g/mol. The van der Waals surface area contributed by atoms with Crippen molar-refractivity contribution in [2.75, 3.05) is 39.5 Å². The maximum atomic E-state index is 12.3. The largest absolute Gasteiger partial charge is 0.462 e. The molecule has 2 aliphatic rings. The van der Waals surface area contributed by atoms with E-state index in [0.29, 0.717) is 19.6 Å². The van der Waals surface area contributed by atoms with Gasteiger partial charge in [0, 0.05) is 0 Å². The number of ether oxygens (including phenoxy) is 4. The highest BCUT2D eigenvalue weighted by Crippen LogP contribution is 2.14. The predicted octanol–water partition coefficient (Wildman–Crippen LogP) is -1.78. The van der Waals surface area contributed by atoms with E-state index in [-0.39, 0.29) is 38.5 Å². The van der Waals surface area contributed by atoms with Crippen molar-refractivity contribution >= 4 is 24.3 Å². The zero-order valence-electron chi connectivity index (χ0n) is 14.2. The molecule has 0 radical (unpaired) electrons. The molecule has 1 N–H and O–H groups in total. The predicted molar refractivity (Wildman–Crippen MR) is 81.3 cm³/mol. The summed E-state index contributed by atoms with van der Waals surface area (Å²) in [6, 6.07) is 0. The van der Waals surface area contributed by atoms with E-state index >= 15 is 0 Å². The molecule has 0 aromatic carbocycles. The average Bonchev–Trinajstić information content (AvgIpc) is 3.47. The van der Waals surface area contributed by atoms with Crippen LogP contribution in [-0.4, -0.2) is 86.4 Å². The van der Waals surface area contributed by atoms with Crippen molar-refractivity contribution in [3.8, 4) is 0 Å². The van der Waals surface area contributed by atoms with Crippen LogP contribution in [0.4, 0.5) is 0 Å². The summed E-state index contributed by atoms with van der Waals surface area (Å²) in [7, 11) is 0. The number of carbonyl (C=O) groups excluding carboxylic acids is 4. The van der Waals surface area contributed by atoms with Crippen LogP contribution in [0, 0.1) is 0 Å². The summed E-state index contributed by atoms with van der Waals surface area (Å²) in [6.07, 6.45) is 0.239. The lowest BCUT2D eigenvalue weighted by atomic mass is 10.0. The number of nitrogens with zero attached hydrogens (tertiary/aromatic N) is 1. The molecule has 0 saturated carbocycles. The summed E-state index contributed by atoms with van der Waals surface area (Å²) in [6.45, 7) is 3.55. The molecule has 0 aromatic rings. The monoisotopic (exact) mass is 358 g/mol. The standard InChI is InChI=1S/C15H22N2O8/c1-15(2,14(21)16-3-12(19)24-7-10-5-22-10)17(9-18)4-13(20)25-8-11-6-23-11/h9-11H,3-8H2,1-2H3,(H,16,21). The molecule has 10 nitrogen and oxygen atoms in total. The molecule has 2 aliphatic heterocycles. The molecule has 2 amide bonds. The van der Waals surface area contributed by atoms with Gasteiger partial charge in [0.15, 0.2) is 0 Å². The fraction of sp³-hybridized carbons (Fsp3) is 0.733. The Morgan fingerprint density at radius 2 is 1.64 bits per heavy atom. The highest BCUT2D eigenvalue weighted by molar-refractivity contribution is 5.90. The molecule has 10 heteroatoms. The lowest BCUT2D eigenvalue weighted by molar-refractivity contribution is -0.153. The molecular formula is C15H22N2O8. The second kappa shape index (κ2) is 8.26. The molecule has 0 bridgehead atoms. The Morgan fingerprint density at radius 1 is 1.12 bits per heavy atom. The maximum absolute atomic E-state index is 12.3. The van der Waals surface area contributed by atoms with Gasteiger partial charge in [-0.15, -0.1) is 0 Å². The van der Waals surface area contributed by atoms with Gasteiger partial charge in [-0.3, -0.25) is 19.2 Å². The molecule has 25 heavy (non-hydrogen) atoms. The van der Waals surface area contributed by atoms with Gasteiger partial charge in [0.2, 0.25) is 12.3 Å². The molecule has 2 rings (SSSR count). The number of epoxide rings is 2. The van der Waals surface area contributed by atoms with Crippen LogP contribution in [0.1, 0.15) is 13.8 Å². The first-order valence-electron chi connectivity index (χ1n) is 7.87. The first-order chi connectivity index (χ1) is 11.8. The topological polar surface area (TPSA) is 127 Å². The van der Waals surface area contributed by atoms with E-state index in [4.69, 9.17) is 18.9 Å². The lowest BCUT2D eigenvalue weighted by Crippen LogP contribution is -2.56. The third-order valence-corrected chi connectivity index (χ3v) is 3.76. The Kier molecular flexibility index (Phi) is 6.32. The zero-order valence-corrected chi connectivity index (χ0v) is 14.2. The smallest absolute Gasteiger partial charge is 0.325 e. The number of rotatable bonds is 11. The van der Waals surface area contributed by atoms with Crippen molar-refractivity contribution in [3.63, 3.8) is 0 Å². The fourth-order valence-corrected chi connectivity index (χ4v) is 1.80. The normalized spacial score (nSPS) is 21.0. The highest BCUT2D eigenvalue weighted by Gasteiger charge is 2.36. The second-order valence-electron chi connectivity index (χ2n) is 6.25. The minimum atomic E-state index is -1.35. The van der Waals surface area contributed by atoms with Gasteiger partial charge in [-0.25, -0.2) is 0 Å². The zero-order chi connectivity index (χ0) is 18.4. The van der Waals surface area contributed by atoms with Gasteiger partial charge in [0.05, 0.1) is 13.2 Å². The van der Waals surface area contributed by atoms with Crippen LogP contribution in [0.25, 0.3) is 0 Å². The Labute approximate surface area is 144 Å². The van der Waals surface area contributed by atoms with Crippen LogP contribution in [0.3, 0.4) is 0 Å². The lowest BCUT2D eigenvalue weighted by Gasteiger charge is -2.33. The van der Waals surface area contributed by atoms with Gasteiger partial charge in [-0.1, -0.05) is 0 Å². The van der Waals surface area contributed by atoms with Gasteiger partial charge < -0.3 is 29.2 Å². The third kappa shape index (κ3) is 6.31. The fourth-order valence-electron chi connectivity index (χ4n) is 1.80. The highest BCUT2D eigenvalue weighted by atomic mass is 16.6. The molecule has 0 aliphatic carbocycles. The van der Waals surface area contributed by atoms with Crippen LogP contribution in [-0.2, 0) is 38.1 Å². The second-order valence-corrected chi connectivity index (χ2v) is 6.25. The minimum absolute atomic E-state index is 0.0614.